The first-order valence-electron chi connectivity index (χ1n) is 3.21. The van der Waals surface area contributed by atoms with Gasteiger partial charge in [0.05, 0.1) is 0 Å². The predicted molar refractivity (Wildman–Crippen MR) is 32.2 cm³/mol. The lowest BCUT2D eigenvalue weighted by atomic mass is 9.93. The van der Waals surface area contributed by atoms with E-state index in [1.807, 2.05) is 0 Å². The highest BCUT2D eigenvalue weighted by atomic mass is 14.7. The molecule has 1 saturated carbocycles. The standard InChI is InChI=1S/C6H12N2/c7-5-1-2-6(8)4-3-5/h5-8H,1-4H2. The van der Waals surface area contributed by atoms with E-state index in [1.54, 1.807) is 0 Å². The summed E-state index contributed by atoms with van der Waals surface area (Å²) in [5.41, 5.74) is 14.6. The first kappa shape index (κ1) is 6.05. The van der Waals surface area contributed by atoms with Gasteiger partial charge in [0.25, 0.3) is 0 Å². The summed E-state index contributed by atoms with van der Waals surface area (Å²) < 4.78 is 0. The minimum atomic E-state index is 0.150. The van der Waals surface area contributed by atoms with Crippen molar-refractivity contribution >= 4 is 0 Å². The van der Waals surface area contributed by atoms with E-state index in [0.717, 1.165) is 25.7 Å². The Labute approximate surface area is 50.2 Å². The maximum absolute atomic E-state index is 7.28. The van der Waals surface area contributed by atoms with E-state index < -0.39 is 0 Å². The topological polar surface area (TPSA) is 47.6 Å². The van der Waals surface area contributed by atoms with Gasteiger partial charge in [0.1, 0.15) is 0 Å². The van der Waals surface area contributed by atoms with Crippen LogP contribution in [-0.2, 0) is 0 Å². The molecule has 1 fully saturated rings. The monoisotopic (exact) mass is 112 g/mol. The summed E-state index contributed by atoms with van der Waals surface area (Å²) >= 11 is 0. The summed E-state index contributed by atoms with van der Waals surface area (Å²) in [4.78, 5) is 0. The molecule has 0 unspecified atom stereocenters. The van der Waals surface area contributed by atoms with Crippen molar-refractivity contribution < 1.29 is 0 Å². The van der Waals surface area contributed by atoms with Crippen molar-refractivity contribution in [3.63, 3.8) is 0 Å². The van der Waals surface area contributed by atoms with Crippen molar-refractivity contribution in [1.29, 1.82) is 0 Å². The van der Waals surface area contributed by atoms with E-state index in [9.17, 15) is 0 Å². The van der Waals surface area contributed by atoms with Crippen LogP contribution in [0.1, 0.15) is 25.7 Å². The zero-order valence-corrected chi connectivity index (χ0v) is 4.98. The Morgan fingerprint density at radius 2 is 1.00 bits per heavy atom. The van der Waals surface area contributed by atoms with Crippen LogP contribution in [0.2, 0.25) is 0 Å². The summed E-state index contributed by atoms with van der Waals surface area (Å²) in [5, 5.41) is 0. The number of hydrogen-bond acceptors (Lipinski definition) is 0. The molecule has 0 heterocycles. The van der Waals surface area contributed by atoms with Crippen molar-refractivity contribution in [3.8, 4) is 0 Å². The second kappa shape index (κ2) is 2.46. The fraction of sp³-hybridized carbons (Fsp3) is 1.00. The molecule has 0 spiro atoms. The van der Waals surface area contributed by atoms with Crippen LogP contribution >= 0.6 is 0 Å². The SMILES string of the molecule is [NH]C1CCC([NH])CC1. The summed E-state index contributed by atoms with van der Waals surface area (Å²) in [6.07, 6.45) is 3.81. The fourth-order valence-corrected chi connectivity index (χ4v) is 1.09. The van der Waals surface area contributed by atoms with E-state index >= 15 is 0 Å². The van der Waals surface area contributed by atoms with Gasteiger partial charge in [0.15, 0.2) is 0 Å². The maximum atomic E-state index is 7.28. The Hall–Kier alpha value is -0.0800. The van der Waals surface area contributed by atoms with Crippen LogP contribution in [0.15, 0.2) is 0 Å². The quantitative estimate of drug-likeness (QED) is 0.446. The van der Waals surface area contributed by atoms with Crippen molar-refractivity contribution in [2.24, 2.45) is 0 Å². The molecule has 2 radical (unpaired) electrons. The van der Waals surface area contributed by atoms with Crippen molar-refractivity contribution in [1.82, 2.24) is 11.5 Å². The molecule has 8 heavy (non-hydrogen) atoms. The summed E-state index contributed by atoms with van der Waals surface area (Å²) in [6, 6.07) is 0.299. The third kappa shape index (κ3) is 1.46. The summed E-state index contributed by atoms with van der Waals surface area (Å²) in [6.45, 7) is 0. The van der Waals surface area contributed by atoms with Gasteiger partial charge in [-0.15, -0.1) is 0 Å². The molecule has 0 aromatic heterocycles. The van der Waals surface area contributed by atoms with E-state index in [0.29, 0.717) is 0 Å². The molecule has 1 rings (SSSR count). The Balaban J connectivity index is 2.19. The summed E-state index contributed by atoms with van der Waals surface area (Å²) in [5.74, 6) is 0. The lowest BCUT2D eigenvalue weighted by molar-refractivity contribution is 0.381. The molecule has 0 amide bonds. The fourth-order valence-electron chi connectivity index (χ4n) is 1.09. The predicted octanol–water partition coefficient (Wildman–Crippen LogP) is 0.863. The number of nitrogens with one attached hydrogen (secondary N) is 2. The Morgan fingerprint density at radius 3 is 1.25 bits per heavy atom. The molecule has 0 aromatic rings. The molecule has 0 aromatic carbocycles. The largest absolute Gasteiger partial charge is 0.255 e. The molecule has 0 saturated heterocycles. The van der Waals surface area contributed by atoms with Crippen molar-refractivity contribution in [2.75, 3.05) is 0 Å². The van der Waals surface area contributed by atoms with Crippen LogP contribution in [0.25, 0.3) is 0 Å². The lowest BCUT2D eigenvalue weighted by Crippen LogP contribution is -2.23. The molecule has 2 nitrogen and oxygen atoms in total. The van der Waals surface area contributed by atoms with Crippen LogP contribution < -0.4 is 11.5 Å². The highest BCUT2D eigenvalue weighted by Gasteiger charge is 2.14. The van der Waals surface area contributed by atoms with Crippen LogP contribution in [0.4, 0.5) is 0 Å². The number of rotatable bonds is 0. The van der Waals surface area contributed by atoms with Crippen molar-refractivity contribution in [3.05, 3.63) is 0 Å². The van der Waals surface area contributed by atoms with Gasteiger partial charge in [0, 0.05) is 12.1 Å². The van der Waals surface area contributed by atoms with E-state index in [-0.39, 0.29) is 12.1 Å². The van der Waals surface area contributed by atoms with Gasteiger partial charge in [-0.1, -0.05) is 0 Å². The molecule has 0 atom stereocenters. The second-order valence-corrected chi connectivity index (χ2v) is 2.55. The normalized spacial score (nSPS) is 39.8. The lowest BCUT2D eigenvalue weighted by Gasteiger charge is -2.20. The van der Waals surface area contributed by atoms with Crippen LogP contribution in [-0.4, -0.2) is 12.1 Å². The average molecular weight is 112 g/mol. The Bertz CT molecular complexity index is 54.9. The molecule has 0 bridgehead atoms. The molecular weight excluding hydrogens is 100 g/mol. The molecule has 1 aliphatic rings. The van der Waals surface area contributed by atoms with Gasteiger partial charge in [0.2, 0.25) is 0 Å². The van der Waals surface area contributed by atoms with E-state index in [2.05, 4.69) is 0 Å². The highest BCUT2D eigenvalue weighted by Crippen LogP contribution is 2.16. The first-order chi connectivity index (χ1) is 3.79. The van der Waals surface area contributed by atoms with Gasteiger partial charge >= 0.3 is 0 Å². The highest BCUT2D eigenvalue weighted by molar-refractivity contribution is 4.74. The van der Waals surface area contributed by atoms with Crippen LogP contribution in [0, 0.1) is 0 Å². The minimum absolute atomic E-state index is 0.150. The molecule has 46 valence electrons. The number of hydrogen-bond donors (Lipinski definition) is 0. The molecule has 1 aliphatic carbocycles. The maximum Gasteiger partial charge on any atom is 0.0214 e. The smallest absolute Gasteiger partial charge is 0.0214 e. The zero-order valence-electron chi connectivity index (χ0n) is 4.98. The Morgan fingerprint density at radius 1 is 0.750 bits per heavy atom. The zero-order chi connectivity index (χ0) is 5.98. The van der Waals surface area contributed by atoms with Crippen molar-refractivity contribution in [2.45, 2.75) is 37.8 Å². The molecule has 0 aliphatic heterocycles. The third-order valence-corrected chi connectivity index (χ3v) is 1.73. The average Bonchev–Trinajstić information content (AvgIpc) is 1.77. The van der Waals surface area contributed by atoms with Crippen LogP contribution in [0.3, 0.4) is 0 Å². The van der Waals surface area contributed by atoms with Gasteiger partial charge in [-0.3, -0.25) is 11.5 Å². The summed E-state index contributed by atoms with van der Waals surface area (Å²) in [7, 11) is 0. The molecular formula is C6H12N2. The van der Waals surface area contributed by atoms with E-state index in [1.165, 1.54) is 0 Å². The van der Waals surface area contributed by atoms with Crippen LogP contribution in [0.5, 0.6) is 0 Å². The first-order valence-corrected chi connectivity index (χ1v) is 3.21. The van der Waals surface area contributed by atoms with Gasteiger partial charge in [-0.05, 0) is 25.7 Å². The Kier molecular flexibility index (Phi) is 1.86. The van der Waals surface area contributed by atoms with Gasteiger partial charge in [-0.25, -0.2) is 0 Å². The molecule has 2 heteroatoms. The van der Waals surface area contributed by atoms with Gasteiger partial charge in [-0.2, -0.15) is 0 Å². The molecule has 2 N–H and O–H groups in total. The van der Waals surface area contributed by atoms with Gasteiger partial charge < -0.3 is 0 Å². The van der Waals surface area contributed by atoms with E-state index in [4.69, 9.17) is 11.5 Å². The second-order valence-electron chi connectivity index (χ2n) is 2.55. The minimum Gasteiger partial charge on any atom is -0.255 e. The third-order valence-electron chi connectivity index (χ3n) is 1.73.